The van der Waals surface area contributed by atoms with Gasteiger partial charge in [0, 0.05) is 54.6 Å². The number of fused-ring (bicyclic) bond motifs is 17. The molecule has 0 spiro atoms. The summed E-state index contributed by atoms with van der Waals surface area (Å²) in [5.41, 5.74) is 4.84. The minimum atomic E-state index is -0.464. The number of nitrogens with one attached hydrogen (secondary N) is 2. The van der Waals surface area contributed by atoms with Crippen molar-refractivity contribution in [2.24, 2.45) is 35.9 Å². The molecule has 9 rings (SSSR count). The fourth-order valence-corrected chi connectivity index (χ4v) is 7.08. The summed E-state index contributed by atoms with van der Waals surface area (Å²) in [5.74, 6) is 2.15. The first-order chi connectivity index (χ1) is 21.4. The Bertz CT molecular complexity index is 2370. The highest BCUT2D eigenvalue weighted by molar-refractivity contribution is 6.38. The molecule has 0 amide bonds. The second-order valence-corrected chi connectivity index (χ2v) is 12.3. The summed E-state index contributed by atoms with van der Waals surface area (Å²) in [6.45, 7) is 0. The van der Waals surface area contributed by atoms with Crippen molar-refractivity contribution in [1.29, 1.82) is 0 Å². The van der Waals surface area contributed by atoms with Crippen LogP contribution in [0.5, 0.6) is 0 Å². The van der Waals surface area contributed by atoms with Gasteiger partial charge in [0.15, 0.2) is 23.3 Å². The minimum absolute atomic E-state index is 0.206. The molecule has 4 aliphatic heterocycles. The van der Waals surface area contributed by atoms with Crippen LogP contribution >= 0.6 is 46.4 Å². The second kappa shape index (κ2) is 9.58. The monoisotopic (exact) mass is 652 g/mol. The van der Waals surface area contributed by atoms with Crippen molar-refractivity contribution in [3.63, 3.8) is 0 Å². The smallest absolute Gasteiger partial charge is 0.166 e. The molecule has 12 heteroatoms. The largest absolute Gasteiger partial charge is 0.347 e. The quantitative estimate of drug-likeness (QED) is 0.230. The third-order valence-corrected chi connectivity index (χ3v) is 9.25. The van der Waals surface area contributed by atoms with Gasteiger partial charge in [0.05, 0.1) is 10.0 Å². The zero-order chi connectivity index (χ0) is 29.7. The highest BCUT2D eigenvalue weighted by atomic mass is 35.5. The Kier molecular flexibility index (Phi) is 5.68. The van der Waals surface area contributed by atoms with Crippen LogP contribution in [0.1, 0.15) is 22.3 Å². The maximum atomic E-state index is 6.78. The number of hydrogen-bond acceptors (Lipinski definition) is 7. The molecule has 8 nitrogen and oxygen atoms in total. The summed E-state index contributed by atoms with van der Waals surface area (Å²) < 4.78 is 0. The lowest BCUT2D eigenvalue weighted by atomic mass is 9.94. The molecule has 8 bridgehead atoms. The molecule has 5 aliphatic rings. The van der Waals surface area contributed by atoms with E-state index in [9.17, 15) is 0 Å². The molecule has 0 saturated carbocycles. The number of hydrogen-bond donors (Lipinski definition) is 2. The Hall–Kier alpha value is -4.34. The number of aromatic amines is 1. The van der Waals surface area contributed by atoms with Gasteiger partial charge in [0.25, 0.3) is 0 Å². The molecule has 2 unspecified atom stereocenters. The van der Waals surface area contributed by atoms with E-state index in [1.807, 2.05) is 72.8 Å². The van der Waals surface area contributed by atoms with E-state index >= 15 is 0 Å². The van der Waals surface area contributed by atoms with Crippen LogP contribution in [0, 0.1) is 5.92 Å². The fourth-order valence-electron chi connectivity index (χ4n) is 6.10. The Balaban J connectivity index is 1.40. The van der Waals surface area contributed by atoms with E-state index < -0.39 is 6.17 Å². The topological polar surface area (TPSA) is 102 Å². The van der Waals surface area contributed by atoms with Crippen molar-refractivity contribution >= 4 is 80.5 Å². The van der Waals surface area contributed by atoms with Crippen LogP contribution in [0.15, 0.2) is 119 Å². The summed E-state index contributed by atoms with van der Waals surface area (Å²) in [7, 11) is 0. The average Bonchev–Trinajstić information content (AvgIpc) is 3.73. The normalized spacial score (nSPS) is 20.9. The Morgan fingerprint density at radius 3 is 2.39 bits per heavy atom. The molecule has 3 aromatic carbocycles. The lowest BCUT2D eigenvalue weighted by Crippen LogP contribution is -2.27. The lowest BCUT2D eigenvalue weighted by Gasteiger charge is -2.17. The van der Waals surface area contributed by atoms with Gasteiger partial charge in [-0.05, 0) is 36.4 Å². The molecule has 1 aromatic heterocycles. The van der Waals surface area contributed by atoms with Crippen molar-refractivity contribution in [3.8, 4) is 0 Å². The Morgan fingerprint density at radius 1 is 0.682 bits per heavy atom. The maximum Gasteiger partial charge on any atom is 0.166 e. The zero-order valence-electron chi connectivity index (χ0n) is 22.3. The number of allylic oxidation sites excluding steroid dienone is 3. The van der Waals surface area contributed by atoms with E-state index in [4.69, 9.17) is 76.4 Å². The van der Waals surface area contributed by atoms with Crippen LogP contribution in [-0.4, -0.2) is 34.5 Å². The third kappa shape index (κ3) is 3.85. The Labute approximate surface area is 269 Å². The molecule has 4 aromatic rings. The zero-order valence-corrected chi connectivity index (χ0v) is 25.3. The molecule has 2 N–H and O–H groups in total. The van der Waals surface area contributed by atoms with Gasteiger partial charge in [-0.15, -0.1) is 0 Å². The summed E-state index contributed by atoms with van der Waals surface area (Å²) in [6.07, 6.45) is 5.34. The van der Waals surface area contributed by atoms with Crippen LogP contribution in [0.25, 0.3) is 10.8 Å². The summed E-state index contributed by atoms with van der Waals surface area (Å²) >= 11 is 26.7. The maximum absolute atomic E-state index is 6.78. The predicted octanol–water partition coefficient (Wildman–Crippen LogP) is 6.24. The first-order valence-electron chi connectivity index (χ1n) is 13.6. The SMILES string of the molecule is ClC1=CC=CC2C1=C1N=C3N=C(N=c4[nH]c(c5c(Cl)cccc45)=NC4=NC(=NC2N1)c1cc(Cl)ccc14)c1cccc(Cl)c13. The Morgan fingerprint density at radius 2 is 1.48 bits per heavy atom. The highest BCUT2D eigenvalue weighted by Crippen LogP contribution is 2.40. The summed E-state index contributed by atoms with van der Waals surface area (Å²) in [6, 6.07) is 16.8. The molecule has 0 radical (unpaired) electrons. The molecule has 1 aliphatic carbocycles. The van der Waals surface area contributed by atoms with Crippen molar-refractivity contribution in [3.05, 3.63) is 138 Å². The molecule has 44 heavy (non-hydrogen) atoms. The van der Waals surface area contributed by atoms with Crippen LogP contribution in [0.3, 0.4) is 0 Å². The number of amidine groups is 4. The van der Waals surface area contributed by atoms with E-state index in [0.29, 0.717) is 71.2 Å². The van der Waals surface area contributed by atoms with Crippen molar-refractivity contribution < 1.29 is 0 Å². The lowest BCUT2D eigenvalue weighted by molar-refractivity contribution is 0.555. The van der Waals surface area contributed by atoms with Gasteiger partial charge in [0.2, 0.25) is 0 Å². The van der Waals surface area contributed by atoms with Gasteiger partial charge >= 0.3 is 0 Å². The molecule has 5 heterocycles. The van der Waals surface area contributed by atoms with Crippen LogP contribution in [0.4, 0.5) is 0 Å². The summed E-state index contributed by atoms with van der Waals surface area (Å²) in [4.78, 5) is 33.2. The van der Waals surface area contributed by atoms with E-state index in [1.165, 1.54) is 0 Å². The fraction of sp³-hybridized carbons (Fsp3) is 0.0625. The highest BCUT2D eigenvalue weighted by Gasteiger charge is 2.38. The molecule has 2 atom stereocenters. The van der Waals surface area contributed by atoms with Gasteiger partial charge in [-0.1, -0.05) is 82.8 Å². The molecular weight excluding hydrogens is 638 g/mol. The van der Waals surface area contributed by atoms with Crippen LogP contribution in [0.2, 0.25) is 15.1 Å². The molecule has 0 fully saturated rings. The third-order valence-electron chi connectivity index (χ3n) is 8.05. The molecular formula is C32H16Cl4N8. The van der Waals surface area contributed by atoms with Gasteiger partial charge in [-0.3, -0.25) is 0 Å². The first kappa shape index (κ1) is 26.1. The number of rotatable bonds is 0. The van der Waals surface area contributed by atoms with Gasteiger partial charge in [0.1, 0.15) is 23.0 Å². The molecule has 0 saturated heterocycles. The summed E-state index contributed by atoms with van der Waals surface area (Å²) in [5, 5.41) is 7.11. The van der Waals surface area contributed by atoms with E-state index in [1.54, 1.807) is 0 Å². The van der Waals surface area contributed by atoms with Gasteiger partial charge < -0.3 is 10.3 Å². The average molecular weight is 654 g/mol. The van der Waals surface area contributed by atoms with Gasteiger partial charge in [-0.2, -0.15) is 0 Å². The predicted molar refractivity (Wildman–Crippen MR) is 175 cm³/mol. The van der Waals surface area contributed by atoms with E-state index in [-0.39, 0.29) is 5.92 Å². The van der Waals surface area contributed by atoms with Crippen LogP contribution in [-0.2, 0) is 0 Å². The standard InChI is InChI=1S/C32H16Cl4N8/c33-13-10-11-14-18(12-13)29-37-25(14)40-30-22-15(4-1-7-19(22)34)26(41-30)38-27-16-5-2-8-20(35)23(16)31(42-27)44-32-24-17(28(39-29)43-32)6-3-9-21(24)36/h1-12,17,28,43H,(H,37,38,39,40,41,42,44). The number of nitrogens with zero attached hydrogens (tertiary/aromatic N) is 6. The van der Waals surface area contributed by atoms with Gasteiger partial charge in [-0.25, -0.2) is 30.0 Å². The first-order valence-corrected chi connectivity index (χ1v) is 15.2. The number of H-pyrrole nitrogens is 1. The number of halogens is 4. The van der Waals surface area contributed by atoms with Crippen molar-refractivity contribution in [1.82, 2.24) is 10.3 Å². The second-order valence-electron chi connectivity index (χ2n) is 10.6. The molecule has 212 valence electrons. The number of aromatic nitrogens is 1. The van der Waals surface area contributed by atoms with Crippen LogP contribution < -0.4 is 16.3 Å². The van der Waals surface area contributed by atoms with Crippen molar-refractivity contribution in [2.45, 2.75) is 6.17 Å². The number of benzene rings is 3. The minimum Gasteiger partial charge on any atom is -0.347 e. The van der Waals surface area contributed by atoms with E-state index in [0.717, 1.165) is 27.6 Å². The van der Waals surface area contributed by atoms with E-state index in [2.05, 4.69) is 10.3 Å². The number of aliphatic imine (C=N–C) groups is 4. The van der Waals surface area contributed by atoms with Crippen molar-refractivity contribution in [2.75, 3.05) is 0 Å².